The molecule has 8 heteroatoms. The number of carboxylic acids is 1. The maximum Gasteiger partial charge on any atom is 0.307 e. The van der Waals surface area contributed by atoms with Crippen LogP contribution in [0.5, 0.6) is 0 Å². The van der Waals surface area contributed by atoms with Gasteiger partial charge in [-0.3, -0.25) is 9.69 Å². The van der Waals surface area contributed by atoms with Gasteiger partial charge in [0, 0.05) is 38.3 Å². The minimum absolute atomic E-state index is 0.0900. The van der Waals surface area contributed by atoms with Crippen LogP contribution in [0.15, 0.2) is 0 Å². The molecule has 21 heavy (non-hydrogen) atoms. The van der Waals surface area contributed by atoms with Crippen molar-refractivity contribution in [1.29, 1.82) is 0 Å². The third-order valence-corrected chi connectivity index (χ3v) is 6.65. The first-order chi connectivity index (χ1) is 9.73. The number of nitrogens with zero attached hydrogens (tertiary/aromatic N) is 3. The molecular formula is C13H25N3O4S. The van der Waals surface area contributed by atoms with E-state index in [4.69, 9.17) is 5.11 Å². The first-order valence-electron chi connectivity index (χ1n) is 7.43. The highest BCUT2D eigenvalue weighted by molar-refractivity contribution is 7.86. The van der Waals surface area contributed by atoms with E-state index in [1.807, 2.05) is 20.9 Å². The molecule has 0 spiro atoms. The summed E-state index contributed by atoms with van der Waals surface area (Å²) < 4.78 is 28.3. The maximum absolute atomic E-state index is 12.7. The zero-order valence-corrected chi connectivity index (χ0v) is 13.7. The molecule has 0 aromatic rings. The number of likely N-dealkylation sites (N-methyl/N-ethyl adjacent to an activating group) is 1. The van der Waals surface area contributed by atoms with Gasteiger partial charge in [0.25, 0.3) is 10.2 Å². The summed E-state index contributed by atoms with van der Waals surface area (Å²) in [6.45, 7) is 5.44. The van der Waals surface area contributed by atoms with Crippen LogP contribution in [0.1, 0.15) is 26.7 Å². The summed E-state index contributed by atoms with van der Waals surface area (Å²) in [4.78, 5) is 13.3. The van der Waals surface area contributed by atoms with Crippen LogP contribution in [-0.4, -0.2) is 78.3 Å². The summed E-state index contributed by atoms with van der Waals surface area (Å²) in [7, 11) is -1.56. The van der Waals surface area contributed by atoms with E-state index in [2.05, 4.69) is 4.90 Å². The van der Waals surface area contributed by atoms with Crippen LogP contribution in [0.2, 0.25) is 0 Å². The lowest BCUT2D eigenvalue weighted by Gasteiger charge is -2.43. The van der Waals surface area contributed by atoms with Gasteiger partial charge in [-0.05, 0) is 33.7 Å². The van der Waals surface area contributed by atoms with Crippen molar-refractivity contribution < 1.29 is 18.3 Å². The predicted octanol–water partition coefficient (Wildman–Crippen LogP) is 0.0522. The van der Waals surface area contributed by atoms with Gasteiger partial charge in [-0.2, -0.15) is 17.0 Å². The monoisotopic (exact) mass is 319 g/mol. The Morgan fingerprint density at radius 2 is 1.67 bits per heavy atom. The van der Waals surface area contributed by atoms with E-state index in [0.717, 1.165) is 0 Å². The van der Waals surface area contributed by atoms with Gasteiger partial charge in [0.2, 0.25) is 0 Å². The minimum Gasteiger partial charge on any atom is -0.481 e. The van der Waals surface area contributed by atoms with Crippen LogP contribution in [0.4, 0.5) is 0 Å². The fourth-order valence-electron chi connectivity index (χ4n) is 3.06. The van der Waals surface area contributed by atoms with Gasteiger partial charge in [0.1, 0.15) is 0 Å². The first-order valence-corrected chi connectivity index (χ1v) is 8.83. The molecule has 122 valence electrons. The zero-order valence-electron chi connectivity index (χ0n) is 12.9. The Kier molecular flexibility index (Phi) is 4.92. The van der Waals surface area contributed by atoms with Crippen LogP contribution < -0.4 is 0 Å². The molecule has 0 aromatic heterocycles. The summed E-state index contributed by atoms with van der Waals surface area (Å²) in [6, 6.07) is 0.312. The lowest BCUT2D eigenvalue weighted by atomic mass is 10.0. The second kappa shape index (κ2) is 6.20. The smallest absolute Gasteiger partial charge is 0.307 e. The molecule has 2 heterocycles. The van der Waals surface area contributed by atoms with Crippen LogP contribution in [0, 0.1) is 5.92 Å². The van der Waals surface area contributed by atoms with E-state index in [-0.39, 0.29) is 18.6 Å². The fraction of sp³-hybridized carbons (Fsp3) is 0.923. The number of rotatable bonds is 3. The number of piperazine rings is 1. The fourth-order valence-corrected chi connectivity index (χ4v) is 4.92. The molecule has 0 aliphatic carbocycles. The van der Waals surface area contributed by atoms with E-state index < -0.39 is 22.1 Å². The number of aliphatic carboxylic acids is 1. The van der Waals surface area contributed by atoms with Crippen LogP contribution in [0.3, 0.4) is 0 Å². The molecule has 3 atom stereocenters. The van der Waals surface area contributed by atoms with Gasteiger partial charge in [-0.25, -0.2) is 0 Å². The minimum atomic E-state index is -3.56. The topological polar surface area (TPSA) is 81.2 Å². The lowest BCUT2D eigenvalue weighted by Crippen LogP contribution is -2.59. The van der Waals surface area contributed by atoms with Crippen LogP contribution in [0.25, 0.3) is 0 Å². The Hall–Kier alpha value is -0.700. The van der Waals surface area contributed by atoms with E-state index in [0.29, 0.717) is 32.5 Å². The molecular weight excluding hydrogens is 294 g/mol. The van der Waals surface area contributed by atoms with Crippen molar-refractivity contribution in [3.8, 4) is 0 Å². The lowest BCUT2D eigenvalue weighted by molar-refractivity contribution is -0.142. The number of carbonyl (C=O) groups is 1. The molecule has 2 aliphatic rings. The van der Waals surface area contributed by atoms with E-state index in [1.165, 1.54) is 8.61 Å². The van der Waals surface area contributed by atoms with Crippen LogP contribution in [-0.2, 0) is 15.0 Å². The SMILES string of the molecule is CC1CN(S(=O)(=O)N2CCCC(C(=O)O)C2)CC(C)N1C. The van der Waals surface area contributed by atoms with Gasteiger partial charge in [-0.15, -0.1) is 0 Å². The molecule has 0 saturated carbocycles. The molecule has 0 radical (unpaired) electrons. The Labute approximate surface area is 126 Å². The van der Waals surface area contributed by atoms with Gasteiger partial charge < -0.3 is 5.11 Å². The average molecular weight is 319 g/mol. The molecule has 2 rings (SSSR count). The van der Waals surface area contributed by atoms with Gasteiger partial charge >= 0.3 is 5.97 Å². The first kappa shape index (κ1) is 16.7. The van der Waals surface area contributed by atoms with E-state index >= 15 is 0 Å². The normalized spacial score (nSPS) is 34.0. The highest BCUT2D eigenvalue weighted by Crippen LogP contribution is 2.24. The second-order valence-electron chi connectivity index (χ2n) is 6.22. The maximum atomic E-state index is 12.7. The Morgan fingerprint density at radius 3 is 2.19 bits per heavy atom. The summed E-state index contributed by atoms with van der Waals surface area (Å²) >= 11 is 0. The number of hydrogen-bond donors (Lipinski definition) is 1. The Morgan fingerprint density at radius 1 is 1.10 bits per heavy atom. The highest BCUT2D eigenvalue weighted by atomic mass is 32.2. The predicted molar refractivity (Wildman–Crippen MR) is 79.1 cm³/mol. The molecule has 2 fully saturated rings. The molecule has 0 bridgehead atoms. The van der Waals surface area contributed by atoms with Crippen molar-refractivity contribution in [3.05, 3.63) is 0 Å². The van der Waals surface area contributed by atoms with Crippen molar-refractivity contribution in [2.45, 2.75) is 38.8 Å². The molecule has 0 aromatic carbocycles. The summed E-state index contributed by atoms with van der Waals surface area (Å²) in [5.74, 6) is -1.49. The van der Waals surface area contributed by atoms with Crippen molar-refractivity contribution in [3.63, 3.8) is 0 Å². The summed E-state index contributed by atoms with van der Waals surface area (Å²) in [6.07, 6.45) is 1.16. The largest absolute Gasteiger partial charge is 0.481 e. The zero-order chi connectivity index (χ0) is 15.8. The molecule has 0 amide bonds. The van der Waals surface area contributed by atoms with E-state index in [9.17, 15) is 13.2 Å². The molecule has 2 saturated heterocycles. The number of hydrogen-bond acceptors (Lipinski definition) is 4. The summed E-state index contributed by atoms with van der Waals surface area (Å²) in [5.41, 5.74) is 0. The molecule has 2 aliphatic heterocycles. The molecule has 3 unspecified atom stereocenters. The van der Waals surface area contributed by atoms with Crippen molar-refractivity contribution in [1.82, 2.24) is 13.5 Å². The van der Waals surface area contributed by atoms with Crippen LogP contribution >= 0.6 is 0 Å². The van der Waals surface area contributed by atoms with Crippen molar-refractivity contribution >= 4 is 16.2 Å². The number of carboxylic acid groups (broad SMARTS) is 1. The Balaban J connectivity index is 2.12. The van der Waals surface area contributed by atoms with Crippen molar-refractivity contribution in [2.24, 2.45) is 5.92 Å². The quantitative estimate of drug-likeness (QED) is 0.795. The van der Waals surface area contributed by atoms with Gasteiger partial charge in [-0.1, -0.05) is 0 Å². The van der Waals surface area contributed by atoms with Gasteiger partial charge in [0.15, 0.2) is 0 Å². The second-order valence-corrected chi connectivity index (χ2v) is 8.15. The molecule has 7 nitrogen and oxygen atoms in total. The highest BCUT2D eigenvalue weighted by Gasteiger charge is 2.39. The van der Waals surface area contributed by atoms with Gasteiger partial charge in [0.05, 0.1) is 5.92 Å². The number of piperidine rings is 1. The van der Waals surface area contributed by atoms with Crippen molar-refractivity contribution in [2.75, 3.05) is 33.2 Å². The standard InChI is InChI=1S/C13H25N3O4S/c1-10-7-16(8-11(2)14(10)3)21(19,20)15-6-4-5-12(9-15)13(17)18/h10-12H,4-9H2,1-3H3,(H,17,18). The third-order valence-electron chi connectivity index (χ3n) is 4.71. The van der Waals surface area contributed by atoms with E-state index in [1.54, 1.807) is 0 Å². The molecule has 1 N–H and O–H groups in total. The average Bonchev–Trinajstić information content (AvgIpc) is 2.44. The third kappa shape index (κ3) is 3.39. The summed E-state index contributed by atoms with van der Waals surface area (Å²) in [5, 5.41) is 9.11. The Bertz CT molecular complexity index is 484.